The fourth-order valence-corrected chi connectivity index (χ4v) is 10.3. The van der Waals surface area contributed by atoms with E-state index in [2.05, 4.69) is 170 Å². The van der Waals surface area contributed by atoms with Gasteiger partial charge in [-0.3, -0.25) is 0 Å². The second-order valence-electron chi connectivity index (χ2n) is 15.9. The second-order valence-corrected chi connectivity index (χ2v) is 15.9. The Hall–Kier alpha value is -6.88. The molecule has 0 unspecified atom stereocenters. The minimum Gasteiger partial charge on any atom is -0.307 e. The molecule has 0 aliphatic heterocycles. The molecular weight excluding hydrogens is 657 g/mol. The van der Waals surface area contributed by atoms with Crippen molar-refractivity contribution in [3.05, 3.63) is 167 Å². The van der Waals surface area contributed by atoms with Crippen LogP contribution in [-0.2, 0) is 10.8 Å². The Morgan fingerprint density at radius 3 is 1.46 bits per heavy atom. The summed E-state index contributed by atoms with van der Waals surface area (Å²) >= 11 is 0. The van der Waals surface area contributed by atoms with Crippen LogP contribution in [0, 0.1) is 22.7 Å². The molecule has 2 aromatic heterocycles. The molecule has 4 heteroatoms. The lowest BCUT2D eigenvalue weighted by atomic mass is 9.81. The van der Waals surface area contributed by atoms with Gasteiger partial charge in [0.1, 0.15) is 17.7 Å². The van der Waals surface area contributed by atoms with Crippen molar-refractivity contribution in [1.29, 1.82) is 10.5 Å². The molecule has 7 aromatic carbocycles. The lowest BCUT2D eigenvalue weighted by molar-refractivity contribution is 0.664. The SMILES string of the molecule is CC1(C)c2ccccc2-c2ccc3c4ccccc4n(-c4ccc(C#N)c(-n5c6ccccc6c6ccc7c(c65)C(C)(C)c5ccccc5-7)c4C#N)c3c21. The van der Waals surface area contributed by atoms with Crippen LogP contribution in [0.2, 0.25) is 0 Å². The average molecular weight is 691 g/mol. The Kier molecular flexibility index (Phi) is 5.90. The average Bonchev–Trinajstić information content (AvgIpc) is 3.86. The van der Waals surface area contributed by atoms with Crippen molar-refractivity contribution < 1.29 is 0 Å². The molecule has 0 bridgehead atoms. The number of rotatable bonds is 2. The lowest BCUT2D eigenvalue weighted by Crippen LogP contribution is -2.17. The maximum Gasteiger partial charge on any atom is 0.104 e. The molecule has 2 aliphatic carbocycles. The topological polar surface area (TPSA) is 57.4 Å². The summed E-state index contributed by atoms with van der Waals surface area (Å²) in [5.41, 5.74) is 15.8. The van der Waals surface area contributed by atoms with E-state index in [0.29, 0.717) is 16.8 Å². The molecule has 0 amide bonds. The Bertz CT molecular complexity index is 3240. The Labute approximate surface area is 313 Å². The van der Waals surface area contributed by atoms with Crippen molar-refractivity contribution in [3.8, 4) is 45.8 Å². The van der Waals surface area contributed by atoms with Crippen LogP contribution in [-0.4, -0.2) is 9.13 Å². The van der Waals surface area contributed by atoms with Gasteiger partial charge < -0.3 is 9.13 Å². The van der Waals surface area contributed by atoms with Crippen LogP contribution >= 0.6 is 0 Å². The van der Waals surface area contributed by atoms with Gasteiger partial charge in [0.2, 0.25) is 0 Å². The molecule has 54 heavy (non-hydrogen) atoms. The molecule has 0 spiro atoms. The summed E-state index contributed by atoms with van der Waals surface area (Å²) in [5.74, 6) is 0. The summed E-state index contributed by atoms with van der Waals surface area (Å²) in [6, 6.07) is 52.4. The fourth-order valence-electron chi connectivity index (χ4n) is 10.3. The highest BCUT2D eigenvalue weighted by molar-refractivity contribution is 6.15. The van der Waals surface area contributed by atoms with Gasteiger partial charge in [-0.2, -0.15) is 10.5 Å². The van der Waals surface area contributed by atoms with E-state index in [4.69, 9.17) is 0 Å². The zero-order valence-corrected chi connectivity index (χ0v) is 30.5. The molecule has 2 aliphatic rings. The molecule has 0 radical (unpaired) electrons. The van der Waals surface area contributed by atoms with Crippen LogP contribution in [0.25, 0.3) is 77.2 Å². The summed E-state index contributed by atoms with van der Waals surface area (Å²) < 4.78 is 4.54. The fraction of sp³-hybridized carbons (Fsp3) is 0.120. The molecule has 0 fully saturated rings. The van der Waals surface area contributed by atoms with E-state index in [1.807, 2.05) is 12.1 Å². The number of hydrogen-bond donors (Lipinski definition) is 0. The molecule has 0 saturated carbocycles. The summed E-state index contributed by atoms with van der Waals surface area (Å²) in [5, 5.41) is 26.9. The van der Waals surface area contributed by atoms with E-state index < -0.39 is 0 Å². The molecule has 2 heterocycles. The van der Waals surface area contributed by atoms with E-state index in [-0.39, 0.29) is 10.8 Å². The first-order valence-electron chi connectivity index (χ1n) is 18.6. The number of aromatic nitrogens is 2. The van der Waals surface area contributed by atoms with Gasteiger partial charge >= 0.3 is 0 Å². The Balaban J connectivity index is 1.31. The van der Waals surface area contributed by atoms with E-state index >= 15 is 0 Å². The maximum atomic E-state index is 11.5. The monoisotopic (exact) mass is 690 g/mol. The first-order chi connectivity index (χ1) is 26.3. The first kappa shape index (κ1) is 30.7. The van der Waals surface area contributed by atoms with Crippen LogP contribution in [0.3, 0.4) is 0 Å². The van der Waals surface area contributed by atoms with Gasteiger partial charge in [-0.15, -0.1) is 0 Å². The highest BCUT2D eigenvalue weighted by Gasteiger charge is 2.40. The predicted molar refractivity (Wildman–Crippen MR) is 220 cm³/mol. The van der Waals surface area contributed by atoms with Crippen LogP contribution in [0.15, 0.2) is 133 Å². The third-order valence-electron chi connectivity index (χ3n) is 12.6. The summed E-state index contributed by atoms with van der Waals surface area (Å²) in [4.78, 5) is 0. The maximum absolute atomic E-state index is 11.5. The van der Waals surface area contributed by atoms with Gasteiger partial charge in [-0.1, -0.05) is 137 Å². The van der Waals surface area contributed by atoms with Gasteiger partial charge in [-0.25, -0.2) is 0 Å². The van der Waals surface area contributed by atoms with Crippen LogP contribution in [0.1, 0.15) is 61.1 Å². The molecule has 0 atom stereocenters. The standard InChI is InChI=1S/C50H34N4/c1-49(2)39-17-9-5-13-30(39)34-22-24-36-32-15-7-11-19-41(32)53(47(36)44(34)49)43-26-21-29(27-51)46(38(43)28-52)54-42-20-12-8-16-33(42)37-25-23-35-31-14-6-10-18-40(31)50(3,4)45(35)48(37)54/h5-26H,1-4H3. The quantitative estimate of drug-likeness (QED) is 0.181. The Morgan fingerprint density at radius 2 is 0.926 bits per heavy atom. The minimum absolute atomic E-state index is 0.284. The van der Waals surface area contributed by atoms with Gasteiger partial charge in [0.25, 0.3) is 0 Å². The molecule has 11 rings (SSSR count). The van der Waals surface area contributed by atoms with E-state index in [1.165, 1.54) is 44.5 Å². The summed E-state index contributed by atoms with van der Waals surface area (Å²) in [6.45, 7) is 9.22. The van der Waals surface area contributed by atoms with Crippen molar-refractivity contribution in [3.63, 3.8) is 0 Å². The van der Waals surface area contributed by atoms with Crippen molar-refractivity contribution >= 4 is 43.6 Å². The van der Waals surface area contributed by atoms with Crippen molar-refractivity contribution in [1.82, 2.24) is 9.13 Å². The molecule has 9 aromatic rings. The van der Waals surface area contributed by atoms with Gasteiger partial charge in [0.05, 0.1) is 39.0 Å². The molecule has 4 nitrogen and oxygen atoms in total. The van der Waals surface area contributed by atoms with Crippen LogP contribution in [0.4, 0.5) is 0 Å². The number of fused-ring (bicyclic) bond motifs is 14. The smallest absolute Gasteiger partial charge is 0.104 e. The molecule has 0 N–H and O–H groups in total. The zero-order valence-electron chi connectivity index (χ0n) is 30.5. The van der Waals surface area contributed by atoms with Crippen molar-refractivity contribution in [2.45, 2.75) is 38.5 Å². The third-order valence-corrected chi connectivity index (χ3v) is 12.6. The van der Waals surface area contributed by atoms with E-state index in [9.17, 15) is 10.5 Å². The number of hydrogen-bond acceptors (Lipinski definition) is 2. The predicted octanol–water partition coefficient (Wildman–Crippen LogP) is 12.2. The highest BCUT2D eigenvalue weighted by atomic mass is 15.0. The van der Waals surface area contributed by atoms with E-state index in [0.717, 1.165) is 49.3 Å². The molecular formula is C50H34N4. The van der Waals surface area contributed by atoms with E-state index in [1.54, 1.807) is 0 Å². The van der Waals surface area contributed by atoms with Crippen LogP contribution < -0.4 is 0 Å². The number of para-hydroxylation sites is 2. The zero-order chi connectivity index (χ0) is 36.7. The van der Waals surface area contributed by atoms with Crippen LogP contribution in [0.5, 0.6) is 0 Å². The molecule has 0 saturated heterocycles. The highest BCUT2D eigenvalue weighted by Crippen LogP contribution is 2.55. The Morgan fingerprint density at radius 1 is 0.444 bits per heavy atom. The third kappa shape index (κ3) is 3.60. The van der Waals surface area contributed by atoms with Gasteiger partial charge in [0, 0.05) is 32.4 Å². The first-order valence-corrected chi connectivity index (χ1v) is 18.6. The largest absolute Gasteiger partial charge is 0.307 e. The second kappa shape index (κ2) is 10.4. The van der Waals surface area contributed by atoms with Crippen molar-refractivity contribution in [2.24, 2.45) is 0 Å². The van der Waals surface area contributed by atoms with Crippen molar-refractivity contribution in [2.75, 3.05) is 0 Å². The molecule has 254 valence electrons. The summed E-state index contributed by atoms with van der Waals surface area (Å²) in [6.07, 6.45) is 0. The lowest BCUT2D eigenvalue weighted by Gasteiger charge is -2.25. The normalized spacial score (nSPS) is 14.6. The number of benzene rings is 7. The van der Waals surface area contributed by atoms with Gasteiger partial charge in [-0.05, 0) is 68.8 Å². The van der Waals surface area contributed by atoms with Gasteiger partial charge in [0.15, 0.2) is 0 Å². The summed E-state index contributed by atoms with van der Waals surface area (Å²) in [7, 11) is 0. The minimum atomic E-state index is -0.317. The number of nitrogens with zero attached hydrogens (tertiary/aromatic N) is 4. The number of nitriles is 2.